The number of hydrogen-bond acceptors (Lipinski definition) is 4. The number of nitrogens with zero attached hydrogens (tertiary/aromatic N) is 2. The highest BCUT2D eigenvalue weighted by Crippen LogP contribution is 2.23. The monoisotopic (exact) mass is 518 g/mol. The second kappa shape index (κ2) is 13.2. The average Bonchev–Trinajstić information content (AvgIpc) is 3.54. The number of benzene rings is 2. The SMILES string of the molecule is Cl.Cl.Cl.Cl.c1ccc2[nH]c([C@@H]3CCCN3)nc2c1.c1ccc2[nH]c([C@@H]3CCCN3)nc2c1. The van der Waals surface area contributed by atoms with E-state index in [1.807, 2.05) is 36.4 Å². The number of halogens is 4. The fraction of sp³-hybridized carbons (Fsp3) is 0.364. The third-order valence-electron chi connectivity index (χ3n) is 5.60. The molecule has 2 atom stereocenters. The molecule has 0 radical (unpaired) electrons. The van der Waals surface area contributed by atoms with Gasteiger partial charge in [-0.3, -0.25) is 0 Å². The summed E-state index contributed by atoms with van der Waals surface area (Å²) in [6.07, 6.45) is 4.89. The molecule has 10 heteroatoms. The van der Waals surface area contributed by atoms with Gasteiger partial charge in [-0.05, 0) is 63.0 Å². The average molecular weight is 520 g/mol. The minimum absolute atomic E-state index is 0. The van der Waals surface area contributed by atoms with E-state index in [-0.39, 0.29) is 49.6 Å². The van der Waals surface area contributed by atoms with E-state index >= 15 is 0 Å². The third-order valence-corrected chi connectivity index (χ3v) is 5.60. The summed E-state index contributed by atoms with van der Waals surface area (Å²) in [6.45, 7) is 2.23. The molecule has 0 spiro atoms. The fourth-order valence-corrected chi connectivity index (χ4v) is 4.11. The lowest BCUT2D eigenvalue weighted by molar-refractivity contribution is 0.614. The summed E-state index contributed by atoms with van der Waals surface area (Å²) in [6, 6.07) is 17.2. The first kappa shape index (κ1) is 28.5. The van der Waals surface area contributed by atoms with Gasteiger partial charge in [-0.15, -0.1) is 49.6 Å². The third kappa shape index (κ3) is 6.28. The van der Waals surface area contributed by atoms with Crippen LogP contribution in [0.5, 0.6) is 0 Å². The smallest absolute Gasteiger partial charge is 0.124 e. The van der Waals surface area contributed by atoms with Crippen molar-refractivity contribution in [3.8, 4) is 0 Å². The van der Waals surface area contributed by atoms with Gasteiger partial charge in [0.2, 0.25) is 0 Å². The minimum Gasteiger partial charge on any atom is -0.341 e. The van der Waals surface area contributed by atoms with Gasteiger partial charge in [-0.25, -0.2) is 9.97 Å². The Morgan fingerprint density at radius 2 is 1.00 bits per heavy atom. The number of fused-ring (bicyclic) bond motifs is 2. The van der Waals surface area contributed by atoms with Crippen molar-refractivity contribution in [2.45, 2.75) is 37.8 Å². The number of nitrogens with one attached hydrogen (secondary N) is 4. The van der Waals surface area contributed by atoms with Crippen molar-refractivity contribution in [1.29, 1.82) is 0 Å². The molecule has 6 rings (SSSR count). The van der Waals surface area contributed by atoms with E-state index in [4.69, 9.17) is 0 Å². The molecule has 2 aromatic heterocycles. The Labute approximate surface area is 212 Å². The highest BCUT2D eigenvalue weighted by Gasteiger charge is 2.20. The maximum absolute atomic E-state index is 4.58. The van der Waals surface area contributed by atoms with Crippen molar-refractivity contribution < 1.29 is 0 Å². The lowest BCUT2D eigenvalue weighted by Gasteiger charge is -2.04. The van der Waals surface area contributed by atoms with E-state index in [1.165, 1.54) is 25.7 Å². The highest BCUT2D eigenvalue weighted by atomic mass is 35.5. The molecular formula is C22H30Cl4N6. The standard InChI is InChI=1S/2C11H13N3.4ClH/c2*1-2-5-9-8(4-1)13-11(14-9)10-6-3-7-12-10;;;;/h2*1-2,4-5,10,12H,3,6-7H2,(H,13,14);4*1H/t2*10-;;;;/m00..../s1. The lowest BCUT2D eigenvalue weighted by Crippen LogP contribution is -2.13. The van der Waals surface area contributed by atoms with Gasteiger partial charge in [0, 0.05) is 0 Å². The summed E-state index contributed by atoms with van der Waals surface area (Å²) in [7, 11) is 0. The molecule has 0 unspecified atom stereocenters. The van der Waals surface area contributed by atoms with E-state index in [9.17, 15) is 0 Å². The van der Waals surface area contributed by atoms with Crippen LogP contribution in [0.3, 0.4) is 0 Å². The van der Waals surface area contributed by atoms with Gasteiger partial charge >= 0.3 is 0 Å². The van der Waals surface area contributed by atoms with Crippen molar-refractivity contribution in [1.82, 2.24) is 30.6 Å². The summed E-state index contributed by atoms with van der Waals surface area (Å²) in [5, 5.41) is 6.88. The number of hydrogen-bond donors (Lipinski definition) is 4. The van der Waals surface area contributed by atoms with Crippen LogP contribution >= 0.6 is 49.6 Å². The Balaban J connectivity index is 0.000000284. The Hall–Kier alpha value is -1.54. The molecule has 0 aliphatic carbocycles. The molecule has 0 amide bonds. The molecule has 32 heavy (non-hydrogen) atoms. The molecule has 2 aromatic carbocycles. The first-order valence-corrected chi connectivity index (χ1v) is 10.2. The van der Waals surface area contributed by atoms with Gasteiger partial charge in [-0.1, -0.05) is 24.3 Å². The van der Waals surface area contributed by atoms with E-state index in [1.54, 1.807) is 0 Å². The Morgan fingerprint density at radius 3 is 1.34 bits per heavy atom. The summed E-state index contributed by atoms with van der Waals surface area (Å²) in [5.41, 5.74) is 4.40. The first-order valence-electron chi connectivity index (χ1n) is 10.2. The molecule has 2 aliphatic rings. The van der Waals surface area contributed by atoms with Crippen LogP contribution in [0, 0.1) is 0 Å². The minimum atomic E-state index is 0. The second-order valence-electron chi connectivity index (χ2n) is 7.58. The Bertz CT molecular complexity index is 918. The number of para-hydroxylation sites is 4. The number of aromatic nitrogens is 4. The first-order chi connectivity index (χ1) is 13.9. The van der Waals surface area contributed by atoms with Crippen molar-refractivity contribution in [2.75, 3.05) is 13.1 Å². The maximum Gasteiger partial charge on any atom is 0.124 e. The molecule has 6 nitrogen and oxygen atoms in total. The molecule has 4 N–H and O–H groups in total. The van der Waals surface area contributed by atoms with Crippen LogP contribution in [-0.4, -0.2) is 33.0 Å². The Kier molecular flexibility index (Phi) is 11.8. The van der Waals surface area contributed by atoms with Crippen molar-refractivity contribution in [2.24, 2.45) is 0 Å². The zero-order chi connectivity index (χ0) is 18.8. The van der Waals surface area contributed by atoms with Gasteiger partial charge in [0.1, 0.15) is 11.6 Å². The molecule has 0 bridgehead atoms. The predicted octanol–water partition coefficient (Wildman–Crippen LogP) is 5.66. The second-order valence-corrected chi connectivity index (χ2v) is 7.58. The van der Waals surface area contributed by atoms with Crippen LogP contribution in [0.1, 0.15) is 49.4 Å². The van der Waals surface area contributed by atoms with E-state index < -0.39 is 0 Å². The summed E-state index contributed by atoms with van der Waals surface area (Å²) >= 11 is 0. The van der Waals surface area contributed by atoms with Gasteiger partial charge in [-0.2, -0.15) is 0 Å². The van der Waals surface area contributed by atoms with Crippen LogP contribution in [-0.2, 0) is 0 Å². The zero-order valence-electron chi connectivity index (χ0n) is 17.5. The number of imidazole rings is 2. The Morgan fingerprint density at radius 1 is 0.594 bits per heavy atom. The largest absolute Gasteiger partial charge is 0.341 e. The molecule has 2 saturated heterocycles. The zero-order valence-corrected chi connectivity index (χ0v) is 20.8. The summed E-state index contributed by atoms with van der Waals surface area (Å²) in [4.78, 5) is 15.9. The van der Waals surface area contributed by atoms with Gasteiger partial charge in [0.05, 0.1) is 34.2 Å². The van der Waals surface area contributed by atoms with Gasteiger partial charge in [0.25, 0.3) is 0 Å². The van der Waals surface area contributed by atoms with Crippen molar-refractivity contribution in [3.63, 3.8) is 0 Å². The normalized spacial score (nSPS) is 19.1. The van der Waals surface area contributed by atoms with Crippen LogP contribution < -0.4 is 10.6 Å². The number of H-pyrrole nitrogens is 2. The van der Waals surface area contributed by atoms with E-state index in [0.717, 1.165) is 46.8 Å². The van der Waals surface area contributed by atoms with Gasteiger partial charge in [0.15, 0.2) is 0 Å². The van der Waals surface area contributed by atoms with Crippen LogP contribution in [0.15, 0.2) is 48.5 Å². The highest BCUT2D eigenvalue weighted by molar-refractivity contribution is 5.86. The molecule has 4 aromatic rings. The van der Waals surface area contributed by atoms with E-state index in [2.05, 4.69) is 42.7 Å². The quantitative estimate of drug-likeness (QED) is 0.275. The molecule has 2 aliphatic heterocycles. The topological polar surface area (TPSA) is 81.4 Å². The fourth-order valence-electron chi connectivity index (χ4n) is 4.11. The predicted molar refractivity (Wildman–Crippen MR) is 141 cm³/mol. The van der Waals surface area contributed by atoms with E-state index in [0.29, 0.717) is 12.1 Å². The molecule has 0 saturated carbocycles. The van der Waals surface area contributed by atoms with Crippen molar-refractivity contribution in [3.05, 3.63) is 60.2 Å². The molecule has 176 valence electrons. The number of aromatic amines is 2. The lowest BCUT2D eigenvalue weighted by atomic mass is 10.2. The summed E-state index contributed by atoms with van der Waals surface area (Å²) in [5.74, 6) is 2.17. The number of rotatable bonds is 2. The van der Waals surface area contributed by atoms with Crippen LogP contribution in [0.25, 0.3) is 22.1 Å². The molecule has 4 heterocycles. The van der Waals surface area contributed by atoms with Crippen molar-refractivity contribution >= 4 is 71.7 Å². The summed E-state index contributed by atoms with van der Waals surface area (Å²) < 4.78 is 0. The van der Waals surface area contributed by atoms with Crippen LogP contribution in [0.4, 0.5) is 0 Å². The van der Waals surface area contributed by atoms with Crippen LogP contribution in [0.2, 0.25) is 0 Å². The molecule has 2 fully saturated rings. The van der Waals surface area contributed by atoms with Gasteiger partial charge < -0.3 is 20.6 Å². The maximum atomic E-state index is 4.58. The molecular weight excluding hydrogens is 490 g/mol.